The fraction of sp³-hybridized carbons (Fsp3) is 0.690. The van der Waals surface area contributed by atoms with Gasteiger partial charge >= 0.3 is 18.3 Å². The number of carbonyl (C=O) groups excluding carboxylic acids is 5. The van der Waals surface area contributed by atoms with E-state index >= 15 is 0 Å². The van der Waals surface area contributed by atoms with Gasteiger partial charge in [0.05, 0.1) is 18.1 Å². The van der Waals surface area contributed by atoms with E-state index in [9.17, 15) is 29.1 Å². The number of rotatable bonds is 7. The van der Waals surface area contributed by atoms with Gasteiger partial charge in [-0.15, -0.1) is 11.6 Å². The second-order valence-electron chi connectivity index (χ2n) is 11.7. The van der Waals surface area contributed by atoms with E-state index in [1.54, 1.807) is 19.1 Å². The highest BCUT2D eigenvalue weighted by atomic mass is 35.5. The number of esters is 1. The number of ketones is 2. The number of halogens is 1. The molecule has 1 unspecified atom stereocenters. The number of alkyl halides is 1. The first kappa shape index (κ1) is 30.2. The van der Waals surface area contributed by atoms with Crippen LogP contribution in [0.1, 0.15) is 72.1 Å². The minimum Gasteiger partial charge on any atom is -0.438 e. The quantitative estimate of drug-likeness (QED) is 0.258. The highest BCUT2D eigenvalue weighted by Crippen LogP contribution is 2.71. The van der Waals surface area contributed by atoms with Gasteiger partial charge in [0, 0.05) is 17.3 Å². The minimum atomic E-state index is -1.86. The van der Waals surface area contributed by atoms with E-state index in [4.69, 9.17) is 25.8 Å². The van der Waals surface area contributed by atoms with Crippen molar-refractivity contribution in [1.82, 2.24) is 0 Å². The Kier molecular flexibility index (Phi) is 8.26. The number of hydrogen-bond donors (Lipinski definition) is 1. The first-order chi connectivity index (χ1) is 18.8. The standard InChI is InChI=1S/C29H37ClO10/c1-5-6-7-23(34)39-25(36)40-28(22(33)16-38-24(35)37-4)13-11-19-20-9-8-17-14-18(31)10-12-26(17,2)29(20,30)21(32)15-27(19,28)3/h10,12,14,19-21,32H,5-9,11,13,15-16H2,1-4H3/t19-,20-,21?,26-,27-,28-,29-/m0/s1. The Morgan fingerprint density at radius 2 is 1.85 bits per heavy atom. The van der Waals surface area contributed by atoms with E-state index in [-0.39, 0.29) is 36.9 Å². The number of fused-ring (bicyclic) bond motifs is 5. The van der Waals surface area contributed by atoms with Gasteiger partial charge in [-0.1, -0.05) is 38.8 Å². The van der Waals surface area contributed by atoms with Crippen LogP contribution in [-0.2, 0) is 33.3 Å². The number of methoxy groups -OCH3 is 1. The fourth-order valence-corrected chi connectivity index (χ4v) is 8.33. The topological polar surface area (TPSA) is 143 Å². The maximum atomic E-state index is 13.8. The molecule has 3 fully saturated rings. The number of hydrogen-bond acceptors (Lipinski definition) is 10. The molecule has 0 aliphatic heterocycles. The fourth-order valence-electron chi connectivity index (χ4n) is 7.81. The average molecular weight is 581 g/mol. The lowest BCUT2D eigenvalue weighted by atomic mass is 9.45. The van der Waals surface area contributed by atoms with Gasteiger partial charge < -0.3 is 24.1 Å². The van der Waals surface area contributed by atoms with Gasteiger partial charge in [0.2, 0.25) is 5.78 Å². The molecule has 11 heteroatoms. The van der Waals surface area contributed by atoms with E-state index in [2.05, 4.69) is 4.74 Å². The van der Waals surface area contributed by atoms with E-state index in [1.807, 2.05) is 13.8 Å². The zero-order valence-corrected chi connectivity index (χ0v) is 24.1. The van der Waals surface area contributed by atoms with Crippen LogP contribution in [0.15, 0.2) is 23.8 Å². The lowest BCUT2D eigenvalue weighted by molar-refractivity contribution is -0.181. The monoisotopic (exact) mass is 580 g/mol. The summed E-state index contributed by atoms with van der Waals surface area (Å²) in [5.41, 5.74) is -2.95. The summed E-state index contributed by atoms with van der Waals surface area (Å²) in [5.74, 6) is -2.21. The highest BCUT2D eigenvalue weighted by molar-refractivity contribution is 6.26. The number of allylic oxidation sites excluding steroid dienone is 4. The molecule has 0 bridgehead atoms. The molecule has 10 nitrogen and oxygen atoms in total. The number of ether oxygens (including phenoxy) is 4. The third-order valence-electron chi connectivity index (χ3n) is 9.89. The molecular formula is C29H37ClO10. The Labute approximate surface area is 238 Å². The van der Waals surface area contributed by atoms with Crippen LogP contribution in [0.3, 0.4) is 0 Å². The number of unbranched alkanes of at least 4 members (excludes halogenated alkanes) is 1. The van der Waals surface area contributed by atoms with Gasteiger partial charge in [-0.05, 0) is 62.5 Å². The molecule has 0 saturated heterocycles. The summed E-state index contributed by atoms with van der Waals surface area (Å²) >= 11 is 7.43. The third kappa shape index (κ3) is 4.57. The highest BCUT2D eigenvalue weighted by Gasteiger charge is 2.74. The molecule has 7 atom stereocenters. The van der Waals surface area contributed by atoms with Crippen molar-refractivity contribution >= 4 is 41.4 Å². The minimum absolute atomic E-state index is 0.0118. The molecule has 0 aromatic rings. The summed E-state index contributed by atoms with van der Waals surface area (Å²) in [7, 11) is 1.10. The predicted octanol–water partition coefficient (Wildman–Crippen LogP) is 4.59. The molecule has 220 valence electrons. The van der Waals surface area contributed by atoms with E-state index in [0.717, 1.165) is 19.1 Å². The van der Waals surface area contributed by atoms with Crippen LogP contribution in [0.25, 0.3) is 0 Å². The zero-order valence-electron chi connectivity index (χ0n) is 23.3. The van der Waals surface area contributed by atoms with Crippen molar-refractivity contribution in [2.45, 2.75) is 88.7 Å². The van der Waals surface area contributed by atoms with Crippen molar-refractivity contribution in [1.29, 1.82) is 0 Å². The van der Waals surface area contributed by atoms with Gasteiger partial charge in [-0.3, -0.25) is 14.4 Å². The van der Waals surface area contributed by atoms with Crippen molar-refractivity contribution in [2.75, 3.05) is 13.7 Å². The molecule has 3 saturated carbocycles. The molecular weight excluding hydrogens is 544 g/mol. The molecule has 0 aromatic carbocycles. The predicted molar refractivity (Wildman–Crippen MR) is 141 cm³/mol. The van der Waals surface area contributed by atoms with Gasteiger partial charge in [0.1, 0.15) is 0 Å². The Morgan fingerprint density at radius 1 is 1.12 bits per heavy atom. The van der Waals surface area contributed by atoms with Crippen molar-refractivity contribution in [2.24, 2.45) is 22.7 Å². The maximum Gasteiger partial charge on any atom is 0.517 e. The molecule has 0 spiro atoms. The second kappa shape index (κ2) is 10.9. The van der Waals surface area contributed by atoms with Crippen molar-refractivity contribution < 1.29 is 48.0 Å². The van der Waals surface area contributed by atoms with Crippen LogP contribution in [0.5, 0.6) is 0 Å². The summed E-state index contributed by atoms with van der Waals surface area (Å²) in [4.78, 5) is 61.5. The molecule has 4 aliphatic carbocycles. The largest absolute Gasteiger partial charge is 0.517 e. The smallest absolute Gasteiger partial charge is 0.438 e. The van der Waals surface area contributed by atoms with E-state index < -0.39 is 58.1 Å². The number of aliphatic hydroxyl groups is 1. The molecule has 1 N–H and O–H groups in total. The zero-order chi connectivity index (χ0) is 29.5. The average Bonchev–Trinajstić information content (AvgIpc) is 3.19. The molecule has 4 rings (SSSR count). The van der Waals surface area contributed by atoms with E-state index in [0.29, 0.717) is 25.7 Å². The maximum absolute atomic E-state index is 13.8. The van der Waals surface area contributed by atoms with Gasteiger partial charge in [-0.25, -0.2) is 9.59 Å². The lowest BCUT2D eigenvalue weighted by Gasteiger charge is -2.63. The summed E-state index contributed by atoms with van der Waals surface area (Å²) in [6, 6.07) is 0. The van der Waals surface area contributed by atoms with Crippen LogP contribution in [0.4, 0.5) is 9.59 Å². The SMILES string of the molecule is CCCCC(=O)OC(=O)O[C@]1(C(=O)COC(=O)OC)CC[C@H]2[C@@H]3CCC4=CC(=O)C=C[C@]4(C)[C@@]3(Cl)C(O)C[C@@]21C. The molecule has 0 heterocycles. The molecule has 0 aromatic heterocycles. The Bertz CT molecular complexity index is 1160. The summed E-state index contributed by atoms with van der Waals surface area (Å²) < 4.78 is 20.1. The van der Waals surface area contributed by atoms with Crippen molar-refractivity contribution in [3.8, 4) is 0 Å². The van der Waals surface area contributed by atoms with Crippen LogP contribution in [-0.4, -0.2) is 65.2 Å². The van der Waals surface area contributed by atoms with Crippen LogP contribution in [0, 0.1) is 22.7 Å². The van der Waals surface area contributed by atoms with Crippen LogP contribution in [0.2, 0.25) is 0 Å². The molecule has 0 radical (unpaired) electrons. The lowest BCUT2D eigenvalue weighted by Crippen LogP contribution is -2.69. The number of Topliss-reactive ketones (excluding diaryl/α,β-unsaturated/α-hetero) is 1. The first-order valence-electron chi connectivity index (χ1n) is 13.8. The van der Waals surface area contributed by atoms with Gasteiger partial charge in [-0.2, -0.15) is 0 Å². The number of carbonyl (C=O) groups is 5. The second-order valence-corrected chi connectivity index (χ2v) is 12.4. The molecule has 4 aliphatic rings. The Hall–Kier alpha value is -2.72. The summed E-state index contributed by atoms with van der Waals surface area (Å²) in [6.07, 6.45) is 4.08. The summed E-state index contributed by atoms with van der Waals surface area (Å²) in [6.45, 7) is 4.83. The van der Waals surface area contributed by atoms with E-state index in [1.165, 1.54) is 6.08 Å². The first-order valence-corrected chi connectivity index (χ1v) is 14.2. The van der Waals surface area contributed by atoms with Gasteiger partial charge in [0.15, 0.2) is 18.0 Å². The summed E-state index contributed by atoms with van der Waals surface area (Å²) in [5, 5.41) is 11.8. The van der Waals surface area contributed by atoms with Crippen LogP contribution >= 0.6 is 11.6 Å². The Balaban J connectivity index is 1.71. The number of aliphatic hydroxyl groups excluding tert-OH is 1. The third-order valence-corrected chi connectivity index (χ3v) is 10.8. The Morgan fingerprint density at radius 3 is 2.52 bits per heavy atom. The van der Waals surface area contributed by atoms with Gasteiger partial charge in [0.25, 0.3) is 0 Å². The van der Waals surface area contributed by atoms with Crippen molar-refractivity contribution in [3.05, 3.63) is 23.8 Å². The van der Waals surface area contributed by atoms with Crippen molar-refractivity contribution in [3.63, 3.8) is 0 Å². The van der Waals surface area contributed by atoms with Crippen LogP contribution < -0.4 is 0 Å². The molecule has 40 heavy (non-hydrogen) atoms. The normalized spacial score (nSPS) is 37.8. The molecule has 0 amide bonds.